The zero-order chi connectivity index (χ0) is 14.4. The van der Waals surface area contributed by atoms with E-state index in [9.17, 15) is 0 Å². The molecule has 1 aromatic carbocycles. The molecule has 20 heavy (non-hydrogen) atoms. The summed E-state index contributed by atoms with van der Waals surface area (Å²) >= 11 is 0. The first-order valence-corrected chi connectivity index (χ1v) is 7.86. The predicted molar refractivity (Wildman–Crippen MR) is 83.8 cm³/mol. The Morgan fingerprint density at radius 2 is 2.15 bits per heavy atom. The van der Waals surface area contributed by atoms with Crippen LogP contribution >= 0.6 is 0 Å². The van der Waals surface area contributed by atoms with Crippen LogP contribution < -0.4 is 5.73 Å². The summed E-state index contributed by atoms with van der Waals surface area (Å²) in [6, 6.07) is 8.94. The van der Waals surface area contributed by atoms with Crippen LogP contribution in [0.1, 0.15) is 43.4 Å². The summed E-state index contributed by atoms with van der Waals surface area (Å²) in [4.78, 5) is 2.37. The Balaban J connectivity index is 2.06. The third-order valence-corrected chi connectivity index (χ3v) is 4.32. The minimum atomic E-state index is 0.289. The first-order chi connectivity index (χ1) is 9.76. The van der Waals surface area contributed by atoms with Gasteiger partial charge < -0.3 is 10.5 Å². The van der Waals surface area contributed by atoms with E-state index in [1.807, 2.05) is 0 Å². The molecule has 1 saturated heterocycles. The first kappa shape index (κ1) is 15.5. The lowest BCUT2D eigenvalue weighted by Gasteiger charge is -2.33. The summed E-state index contributed by atoms with van der Waals surface area (Å²) in [6.45, 7) is 4.74. The molecular weight excluding hydrogens is 248 g/mol. The summed E-state index contributed by atoms with van der Waals surface area (Å²) < 4.78 is 5.85. The van der Waals surface area contributed by atoms with Gasteiger partial charge in [-0.05, 0) is 43.9 Å². The maximum atomic E-state index is 6.05. The normalized spacial score (nSPS) is 21.1. The van der Waals surface area contributed by atoms with Gasteiger partial charge in [0.1, 0.15) is 0 Å². The van der Waals surface area contributed by atoms with Crippen molar-refractivity contribution in [3.63, 3.8) is 0 Å². The summed E-state index contributed by atoms with van der Waals surface area (Å²) in [5, 5.41) is 0. The summed E-state index contributed by atoms with van der Waals surface area (Å²) in [7, 11) is 2.17. The van der Waals surface area contributed by atoms with E-state index < -0.39 is 0 Å². The standard InChI is InChI=1S/C17H28N2O/c1-3-14-8-4-5-10-16(14)17(12-18)19(2)13-15-9-6-7-11-20-15/h4-5,8,10,15,17H,3,6-7,9,11-13,18H2,1-2H3. The number of ether oxygens (including phenoxy) is 1. The van der Waals surface area contributed by atoms with Crippen molar-refractivity contribution in [3.8, 4) is 0 Å². The number of likely N-dealkylation sites (N-methyl/N-ethyl adjacent to an activating group) is 1. The third-order valence-electron chi connectivity index (χ3n) is 4.32. The fourth-order valence-electron chi connectivity index (χ4n) is 3.13. The monoisotopic (exact) mass is 276 g/mol. The smallest absolute Gasteiger partial charge is 0.0702 e. The number of nitrogens with zero attached hydrogens (tertiary/aromatic N) is 1. The van der Waals surface area contributed by atoms with Crippen molar-refractivity contribution < 1.29 is 4.74 Å². The molecule has 3 nitrogen and oxygen atoms in total. The van der Waals surface area contributed by atoms with Gasteiger partial charge in [-0.1, -0.05) is 31.2 Å². The van der Waals surface area contributed by atoms with E-state index >= 15 is 0 Å². The molecule has 0 aliphatic carbocycles. The average molecular weight is 276 g/mol. The largest absolute Gasteiger partial charge is 0.377 e. The molecule has 1 aliphatic rings. The predicted octanol–water partition coefficient (Wildman–Crippen LogP) is 2.75. The highest BCUT2D eigenvalue weighted by molar-refractivity contribution is 5.30. The minimum Gasteiger partial charge on any atom is -0.377 e. The van der Waals surface area contributed by atoms with Gasteiger partial charge >= 0.3 is 0 Å². The maximum absolute atomic E-state index is 6.05. The van der Waals surface area contributed by atoms with Gasteiger partial charge in [0.2, 0.25) is 0 Å². The molecule has 0 spiro atoms. The summed E-state index contributed by atoms with van der Waals surface area (Å²) in [5.41, 5.74) is 8.83. The van der Waals surface area contributed by atoms with Crippen molar-refractivity contribution in [2.75, 3.05) is 26.7 Å². The van der Waals surface area contributed by atoms with E-state index in [2.05, 4.69) is 43.1 Å². The van der Waals surface area contributed by atoms with Crippen molar-refractivity contribution in [2.45, 2.75) is 44.8 Å². The lowest BCUT2D eigenvalue weighted by Crippen LogP contribution is -2.38. The van der Waals surface area contributed by atoms with Gasteiger partial charge in [-0.15, -0.1) is 0 Å². The van der Waals surface area contributed by atoms with Crippen LogP contribution in [0.2, 0.25) is 0 Å². The molecule has 0 amide bonds. The van der Waals surface area contributed by atoms with Crippen molar-refractivity contribution in [1.82, 2.24) is 4.90 Å². The third kappa shape index (κ3) is 3.81. The molecule has 2 rings (SSSR count). The molecule has 1 aliphatic heterocycles. The molecule has 1 fully saturated rings. The van der Waals surface area contributed by atoms with Crippen LogP contribution in [0.5, 0.6) is 0 Å². The minimum absolute atomic E-state index is 0.289. The van der Waals surface area contributed by atoms with E-state index in [0.29, 0.717) is 12.6 Å². The molecular formula is C17H28N2O. The van der Waals surface area contributed by atoms with Crippen molar-refractivity contribution >= 4 is 0 Å². The highest BCUT2D eigenvalue weighted by Gasteiger charge is 2.22. The van der Waals surface area contributed by atoms with E-state index in [4.69, 9.17) is 10.5 Å². The van der Waals surface area contributed by atoms with E-state index in [0.717, 1.165) is 19.6 Å². The second-order valence-electron chi connectivity index (χ2n) is 5.73. The van der Waals surface area contributed by atoms with Crippen molar-refractivity contribution in [1.29, 1.82) is 0 Å². The average Bonchev–Trinajstić information content (AvgIpc) is 2.49. The van der Waals surface area contributed by atoms with Crippen LogP contribution in [0.25, 0.3) is 0 Å². The van der Waals surface area contributed by atoms with E-state index in [1.165, 1.54) is 30.4 Å². The lowest BCUT2D eigenvalue weighted by molar-refractivity contribution is -0.00782. The summed E-state index contributed by atoms with van der Waals surface area (Å²) in [6.07, 6.45) is 5.10. The van der Waals surface area contributed by atoms with Crippen LogP contribution in [-0.4, -0.2) is 37.7 Å². The Kier molecular flexibility index (Phi) is 6.02. The number of rotatable bonds is 6. The van der Waals surface area contributed by atoms with Gasteiger partial charge in [0.15, 0.2) is 0 Å². The molecule has 0 bridgehead atoms. The van der Waals surface area contributed by atoms with Crippen molar-refractivity contribution in [3.05, 3.63) is 35.4 Å². The summed E-state index contributed by atoms with van der Waals surface area (Å²) in [5.74, 6) is 0. The molecule has 1 heterocycles. The molecule has 3 heteroatoms. The Labute approximate surface area is 123 Å². The molecule has 0 saturated carbocycles. The number of hydrogen-bond donors (Lipinski definition) is 1. The van der Waals surface area contributed by atoms with E-state index in [-0.39, 0.29) is 6.04 Å². The first-order valence-electron chi connectivity index (χ1n) is 7.86. The van der Waals surface area contributed by atoms with E-state index in [1.54, 1.807) is 0 Å². The highest BCUT2D eigenvalue weighted by atomic mass is 16.5. The second kappa shape index (κ2) is 7.77. The zero-order valence-electron chi connectivity index (χ0n) is 12.8. The van der Waals surface area contributed by atoms with Crippen molar-refractivity contribution in [2.24, 2.45) is 5.73 Å². The molecule has 2 atom stereocenters. The van der Waals surface area contributed by atoms with Crippen LogP contribution in [0.4, 0.5) is 0 Å². The highest BCUT2D eigenvalue weighted by Crippen LogP contribution is 2.24. The number of aryl methyl sites for hydroxylation is 1. The molecule has 0 aromatic heterocycles. The Hall–Kier alpha value is -0.900. The lowest BCUT2D eigenvalue weighted by atomic mass is 9.97. The van der Waals surface area contributed by atoms with Gasteiger partial charge in [0.05, 0.1) is 6.10 Å². The quantitative estimate of drug-likeness (QED) is 0.868. The fourth-order valence-corrected chi connectivity index (χ4v) is 3.13. The zero-order valence-corrected chi connectivity index (χ0v) is 12.8. The molecule has 2 unspecified atom stereocenters. The fraction of sp³-hybridized carbons (Fsp3) is 0.647. The topological polar surface area (TPSA) is 38.5 Å². The van der Waals surface area contributed by atoms with Gasteiger partial charge in [0.25, 0.3) is 0 Å². The van der Waals surface area contributed by atoms with Gasteiger partial charge in [0, 0.05) is 25.7 Å². The number of hydrogen-bond acceptors (Lipinski definition) is 3. The molecule has 2 N–H and O–H groups in total. The molecule has 1 aromatic rings. The number of nitrogens with two attached hydrogens (primary N) is 1. The molecule has 112 valence electrons. The van der Waals surface area contributed by atoms with Crippen LogP contribution in [0.15, 0.2) is 24.3 Å². The number of benzene rings is 1. The van der Waals surface area contributed by atoms with Crippen LogP contribution in [0, 0.1) is 0 Å². The van der Waals surface area contributed by atoms with Gasteiger partial charge in [-0.25, -0.2) is 0 Å². The van der Waals surface area contributed by atoms with Gasteiger partial charge in [-0.3, -0.25) is 4.90 Å². The Bertz CT molecular complexity index is 402. The van der Waals surface area contributed by atoms with Gasteiger partial charge in [-0.2, -0.15) is 0 Å². The Morgan fingerprint density at radius 1 is 1.35 bits per heavy atom. The van der Waals surface area contributed by atoms with Crippen LogP contribution in [0.3, 0.4) is 0 Å². The second-order valence-corrected chi connectivity index (χ2v) is 5.73. The maximum Gasteiger partial charge on any atom is 0.0702 e. The Morgan fingerprint density at radius 3 is 2.80 bits per heavy atom. The SMILES string of the molecule is CCc1ccccc1C(CN)N(C)CC1CCCCO1. The molecule has 0 radical (unpaired) electrons. The van der Waals surface area contributed by atoms with Crippen LogP contribution in [-0.2, 0) is 11.2 Å².